The Kier molecular flexibility index (Phi) is 4.21. The van der Waals surface area contributed by atoms with Crippen LogP contribution in [0, 0.1) is 6.92 Å². The second-order valence-electron chi connectivity index (χ2n) is 3.95. The normalized spacial score (nSPS) is 10.3. The van der Waals surface area contributed by atoms with E-state index >= 15 is 0 Å². The van der Waals surface area contributed by atoms with Crippen molar-refractivity contribution >= 4 is 27.5 Å². The Morgan fingerprint density at radius 1 is 1.47 bits per heavy atom. The topological polar surface area (TPSA) is 64.4 Å². The maximum atomic E-state index is 12.0. The van der Waals surface area contributed by atoms with Gasteiger partial charge in [0.15, 0.2) is 11.6 Å². The maximum Gasteiger partial charge on any atom is 0.181 e. The van der Waals surface area contributed by atoms with E-state index in [9.17, 15) is 4.79 Å². The van der Waals surface area contributed by atoms with Gasteiger partial charge in [-0.15, -0.1) is 0 Å². The molecule has 1 aromatic heterocycles. The zero-order chi connectivity index (χ0) is 13.8. The minimum absolute atomic E-state index is 0.0380. The van der Waals surface area contributed by atoms with Crippen LogP contribution in [0.25, 0.3) is 0 Å². The van der Waals surface area contributed by atoms with Crippen molar-refractivity contribution in [3.05, 3.63) is 40.1 Å². The van der Waals surface area contributed by atoms with Gasteiger partial charge in [-0.25, -0.2) is 0 Å². The fraction of sp³-hybridized carbons (Fsp3) is 0.231. The number of halogens is 1. The summed E-state index contributed by atoms with van der Waals surface area (Å²) in [5.74, 6) is 1.90. The highest BCUT2D eigenvalue weighted by molar-refractivity contribution is 9.10. The fourth-order valence-electron chi connectivity index (χ4n) is 1.56. The predicted molar refractivity (Wildman–Crippen MR) is 74.8 cm³/mol. The van der Waals surface area contributed by atoms with E-state index in [0.29, 0.717) is 22.9 Å². The van der Waals surface area contributed by atoms with E-state index < -0.39 is 0 Å². The molecule has 0 aliphatic rings. The van der Waals surface area contributed by atoms with Crippen LogP contribution < -0.4 is 10.1 Å². The molecule has 2 rings (SSSR count). The number of hydrogen-bond donors (Lipinski definition) is 1. The Bertz CT molecular complexity index is 595. The molecule has 100 valence electrons. The van der Waals surface area contributed by atoms with Crippen molar-refractivity contribution in [1.82, 2.24) is 5.16 Å². The molecule has 0 aliphatic carbocycles. The summed E-state index contributed by atoms with van der Waals surface area (Å²) in [5.41, 5.74) is 0.598. The van der Waals surface area contributed by atoms with Crippen molar-refractivity contribution in [3.63, 3.8) is 0 Å². The first-order valence-electron chi connectivity index (χ1n) is 5.64. The van der Waals surface area contributed by atoms with Gasteiger partial charge in [-0.1, -0.05) is 5.16 Å². The number of aryl methyl sites for hydroxylation is 1. The van der Waals surface area contributed by atoms with Crippen LogP contribution in [0.1, 0.15) is 16.1 Å². The first-order valence-corrected chi connectivity index (χ1v) is 6.43. The highest BCUT2D eigenvalue weighted by Crippen LogP contribution is 2.25. The Hall–Kier alpha value is -1.82. The lowest BCUT2D eigenvalue weighted by Gasteiger charge is -2.06. The number of aromatic nitrogens is 1. The van der Waals surface area contributed by atoms with Crippen LogP contribution in [-0.4, -0.2) is 24.6 Å². The van der Waals surface area contributed by atoms with Gasteiger partial charge in [0.2, 0.25) is 0 Å². The minimum Gasteiger partial charge on any atom is -0.496 e. The zero-order valence-corrected chi connectivity index (χ0v) is 12.2. The van der Waals surface area contributed by atoms with Crippen LogP contribution >= 0.6 is 15.9 Å². The molecule has 5 nitrogen and oxygen atoms in total. The number of ketones is 1. The Morgan fingerprint density at radius 3 is 2.84 bits per heavy atom. The van der Waals surface area contributed by atoms with Gasteiger partial charge in [0.25, 0.3) is 0 Å². The summed E-state index contributed by atoms with van der Waals surface area (Å²) in [6, 6.07) is 6.94. The number of anilines is 1. The van der Waals surface area contributed by atoms with Gasteiger partial charge < -0.3 is 14.6 Å². The van der Waals surface area contributed by atoms with E-state index in [-0.39, 0.29) is 12.3 Å². The number of ether oxygens (including phenoxy) is 1. The Labute approximate surface area is 119 Å². The van der Waals surface area contributed by atoms with Crippen LogP contribution in [0.15, 0.2) is 33.3 Å². The second-order valence-corrected chi connectivity index (χ2v) is 4.80. The largest absolute Gasteiger partial charge is 0.496 e. The molecule has 0 amide bonds. The Morgan fingerprint density at radius 2 is 2.26 bits per heavy atom. The van der Waals surface area contributed by atoms with Crippen molar-refractivity contribution in [3.8, 4) is 5.75 Å². The van der Waals surface area contributed by atoms with Crippen molar-refractivity contribution in [2.75, 3.05) is 19.0 Å². The van der Waals surface area contributed by atoms with Crippen molar-refractivity contribution in [2.24, 2.45) is 0 Å². The molecule has 0 saturated heterocycles. The van der Waals surface area contributed by atoms with E-state index in [1.54, 1.807) is 38.3 Å². The SMILES string of the molecule is COc1ccc(C(=O)CNc2cc(C)on2)cc1Br. The molecule has 2 aromatic rings. The van der Waals surface area contributed by atoms with Crippen LogP contribution in [0.3, 0.4) is 0 Å². The quantitative estimate of drug-likeness (QED) is 0.856. The number of methoxy groups -OCH3 is 1. The number of hydrogen-bond acceptors (Lipinski definition) is 5. The number of carbonyl (C=O) groups is 1. The maximum absolute atomic E-state index is 12.0. The average Bonchev–Trinajstić information content (AvgIpc) is 2.81. The lowest BCUT2D eigenvalue weighted by molar-refractivity contribution is 0.101. The van der Waals surface area contributed by atoms with Gasteiger partial charge in [-0.3, -0.25) is 4.79 Å². The molecular formula is C13H13BrN2O3. The monoisotopic (exact) mass is 324 g/mol. The van der Waals surface area contributed by atoms with Gasteiger partial charge in [0, 0.05) is 11.6 Å². The third-order valence-electron chi connectivity index (χ3n) is 2.53. The molecule has 19 heavy (non-hydrogen) atoms. The molecule has 0 saturated carbocycles. The number of carbonyl (C=O) groups excluding carboxylic acids is 1. The van der Waals surface area contributed by atoms with E-state index in [1.807, 2.05) is 0 Å². The Balaban J connectivity index is 2.01. The third-order valence-corrected chi connectivity index (χ3v) is 3.15. The minimum atomic E-state index is -0.0380. The molecule has 0 spiro atoms. The molecule has 0 radical (unpaired) electrons. The molecular weight excluding hydrogens is 312 g/mol. The van der Waals surface area contributed by atoms with E-state index in [4.69, 9.17) is 9.26 Å². The van der Waals surface area contributed by atoms with Crippen molar-refractivity contribution < 1.29 is 14.1 Å². The summed E-state index contributed by atoms with van der Waals surface area (Å²) in [6.45, 7) is 1.95. The van der Waals surface area contributed by atoms with Crippen LogP contribution in [0.5, 0.6) is 5.75 Å². The van der Waals surface area contributed by atoms with E-state index in [0.717, 1.165) is 4.47 Å². The van der Waals surface area contributed by atoms with E-state index in [2.05, 4.69) is 26.4 Å². The summed E-state index contributed by atoms with van der Waals surface area (Å²) >= 11 is 3.35. The standard InChI is InChI=1S/C13H13BrN2O3/c1-8-5-13(16-19-8)15-7-11(17)9-3-4-12(18-2)10(14)6-9/h3-6H,7H2,1-2H3,(H,15,16). The zero-order valence-electron chi connectivity index (χ0n) is 10.6. The number of benzene rings is 1. The van der Waals surface area contributed by atoms with E-state index in [1.165, 1.54) is 0 Å². The van der Waals surface area contributed by atoms with Crippen LogP contribution in [0.2, 0.25) is 0 Å². The van der Waals surface area contributed by atoms with Gasteiger partial charge >= 0.3 is 0 Å². The molecule has 0 aliphatic heterocycles. The summed E-state index contributed by atoms with van der Waals surface area (Å²) < 4.78 is 10.8. The molecule has 1 heterocycles. The van der Waals surface area contributed by atoms with Crippen LogP contribution in [0.4, 0.5) is 5.82 Å². The van der Waals surface area contributed by atoms with Crippen molar-refractivity contribution in [1.29, 1.82) is 0 Å². The predicted octanol–water partition coefficient (Wildman–Crippen LogP) is 3.05. The number of nitrogens with zero attached hydrogens (tertiary/aromatic N) is 1. The molecule has 0 atom stereocenters. The lowest BCUT2D eigenvalue weighted by atomic mass is 10.1. The van der Waals surface area contributed by atoms with Gasteiger partial charge in [0.05, 0.1) is 18.1 Å². The number of Topliss-reactive ketones (excluding diaryl/α,β-unsaturated/α-hetero) is 1. The highest BCUT2D eigenvalue weighted by atomic mass is 79.9. The number of rotatable bonds is 5. The molecule has 1 aromatic carbocycles. The summed E-state index contributed by atoms with van der Waals surface area (Å²) in [7, 11) is 1.58. The molecule has 0 unspecified atom stereocenters. The third kappa shape index (κ3) is 3.35. The fourth-order valence-corrected chi connectivity index (χ4v) is 2.10. The van der Waals surface area contributed by atoms with Crippen molar-refractivity contribution in [2.45, 2.75) is 6.92 Å². The first kappa shape index (κ1) is 13.6. The number of nitrogens with one attached hydrogen (secondary N) is 1. The summed E-state index contributed by atoms with van der Waals surface area (Å²) in [6.07, 6.45) is 0. The van der Waals surface area contributed by atoms with Gasteiger partial charge in [0.1, 0.15) is 11.5 Å². The molecule has 0 fully saturated rings. The second kappa shape index (κ2) is 5.88. The lowest BCUT2D eigenvalue weighted by Crippen LogP contribution is -2.14. The van der Waals surface area contributed by atoms with Crippen LogP contribution in [-0.2, 0) is 0 Å². The average molecular weight is 325 g/mol. The van der Waals surface area contributed by atoms with Gasteiger partial charge in [-0.05, 0) is 41.1 Å². The highest BCUT2D eigenvalue weighted by Gasteiger charge is 2.09. The van der Waals surface area contributed by atoms with Gasteiger partial charge in [-0.2, -0.15) is 0 Å². The summed E-state index contributed by atoms with van der Waals surface area (Å²) in [5, 5.41) is 6.67. The summed E-state index contributed by atoms with van der Waals surface area (Å²) in [4.78, 5) is 12.0. The molecule has 6 heteroatoms. The first-order chi connectivity index (χ1) is 9.10. The molecule has 1 N–H and O–H groups in total. The molecule has 0 bridgehead atoms. The smallest absolute Gasteiger partial charge is 0.181 e.